The van der Waals surface area contributed by atoms with Crippen molar-refractivity contribution in [2.45, 2.75) is 55.6 Å². The molecule has 6 rings (SSSR count). The van der Waals surface area contributed by atoms with Gasteiger partial charge in [0, 0.05) is 24.9 Å². The van der Waals surface area contributed by atoms with Gasteiger partial charge in [-0.1, -0.05) is 18.2 Å². The number of ether oxygens (including phenoxy) is 2. The molecule has 3 atom stereocenters. The summed E-state index contributed by atoms with van der Waals surface area (Å²) in [6.45, 7) is 0. The Morgan fingerprint density at radius 3 is 2.65 bits per heavy atom. The normalized spacial score (nSPS) is 34.0. The molecule has 158 valence electrons. The van der Waals surface area contributed by atoms with Crippen LogP contribution in [0.25, 0.3) is 11.1 Å². The van der Waals surface area contributed by atoms with E-state index in [2.05, 4.69) is 44.9 Å². The fourth-order valence-electron chi connectivity index (χ4n) is 7.43. The van der Waals surface area contributed by atoms with Crippen LogP contribution >= 0.6 is 0 Å². The summed E-state index contributed by atoms with van der Waals surface area (Å²) in [5.41, 5.74) is 11.1. The van der Waals surface area contributed by atoms with Crippen LogP contribution < -0.4 is 5.73 Å². The van der Waals surface area contributed by atoms with E-state index in [1.54, 1.807) is 0 Å². The summed E-state index contributed by atoms with van der Waals surface area (Å²) in [7, 11) is 6.22. The fraction of sp³-hybridized carbons (Fsp3) is 0.500. The Kier molecular flexibility index (Phi) is 3.86. The van der Waals surface area contributed by atoms with E-state index in [1.165, 1.54) is 29.5 Å². The van der Waals surface area contributed by atoms with E-state index in [9.17, 15) is 0 Å². The van der Waals surface area contributed by atoms with Crippen molar-refractivity contribution < 1.29 is 9.47 Å². The van der Waals surface area contributed by atoms with Gasteiger partial charge in [-0.3, -0.25) is 4.98 Å². The first-order valence-corrected chi connectivity index (χ1v) is 11.5. The van der Waals surface area contributed by atoms with E-state index >= 15 is 0 Å². The Balaban J connectivity index is 1.55. The molecule has 1 aromatic carbocycles. The minimum absolute atomic E-state index is 0.000948. The average molecular weight is 413 g/mol. The minimum atomic E-state index is -0.508. The molecule has 31 heavy (non-hydrogen) atoms. The van der Waals surface area contributed by atoms with Crippen LogP contribution in [-0.2, 0) is 21.4 Å². The van der Waals surface area contributed by atoms with Crippen molar-refractivity contribution in [2.75, 3.05) is 7.11 Å². The third-order valence-electron chi connectivity index (χ3n) is 8.74. The van der Waals surface area contributed by atoms with Crippen molar-refractivity contribution in [3.05, 3.63) is 53.9 Å². The van der Waals surface area contributed by atoms with E-state index in [-0.39, 0.29) is 10.8 Å². The Bertz CT molecular complexity index is 1090. The summed E-state index contributed by atoms with van der Waals surface area (Å²) in [5, 5.41) is -0.508. The van der Waals surface area contributed by atoms with Crippen molar-refractivity contribution >= 4 is 21.7 Å². The van der Waals surface area contributed by atoms with Crippen LogP contribution in [0.1, 0.15) is 43.2 Å². The third-order valence-corrected chi connectivity index (χ3v) is 8.74. The maximum atomic E-state index is 6.29. The molecule has 0 bridgehead atoms. The molecule has 5 nitrogen and oxygen atoms in total. The second kappa shape index (κ2) is 6.16. The number of nitrogens with zero attached hydrogens (tertiary/aromatic N) is 2. The molecule has 3 aliphatic carbocycles. The topological polar surface area (TPSA) is 69.7 Å². The van der Waals surface area contributed by atoms with Gasteiger partial charge in [0.2, 0.25) is 0 Å². The third kappa shape index (κ3) is 2.44. The molecule has 0 saturated heterocycles. The molecule has 4 aliphatic rings. The summed E-state index contributed by atoms with van der Waals surface area (Å²) in [4.78, 5) is 9.51. The lowest BCUT2D eigenvalue weighted by atomic mass is 9.44. The summed E-state index contributed by atoms with van der Waals surface area (Å²) >= 11 is 0. The number of benzene rings is 1. The highest BCUT2D eigenvalue weighted by Crippen LogP contribution is 2.72. The van der Waals surface area contributed by atoms with Crippen molar-refractivity contribution in [2.24, 2.45) is 21.6 Å². The predicted molar refractivity (Wildman–Crippen MR) is 126 cm³/mol. The van der Waals surface area contributed by atoms with Crippen molar-refractivity contribution in [1.29, 1.82) is 0 Å². The lowest BCUT2D eigenvalue weighted by Crippen LogP contribution is -2.60. The standard InChI is InChI=1S/C24H29B2N3O2/c1-30-19-6-7-22(14-21(19)8-9-21)12-16-5-4-15(17-3-2-10-28-13-17)11-18(16)23(22)24(25,26)31-20(27)29-23/h2-5,10-11,13,19H,6-9,12,14,25-26H2,1H3,(H2,27,29)/t19-,22+,23?/m0/s1. The molecule has 0 radical (unpaired) electrons. The van der Waals surface area contributed by atoms with Crippen molar-refractivity contribution in [3.8, 4) is 11.1 Å². The molecular formula is C24H29B2N3O2. The highest BCUT2D eigenvalue weighted by molar-refractivity contribution is 6.41. The molecule has 2 aromatic rings. The van der Waals surface area contributed by atoms with Crippen LogP contribution in [0.15, 0.2) is 47.7 Å². The number of pyridine rings is 1. The lowest BCUT2D eigenvalue weighted by molar-refractivity contribution is -0.0719. The maximum absolute atomic E-state index is 6.29. The molecule has 0 amide bonds. The quantitative estimate of drug-likeness (QED) is 0.762. The molecule has 1 aliphatic heterocycles. The summed E-state index contributed by atoms with van der Waals surface area (Å²) in [6.07, 6.45) is 10.9. The largest absolute Gasteiger partial charge is 0.475 e. The Morgan fingerprint density at radius 1 is 1.16 bits per heavy atom. The number of nitrogens with two attached hydrogens (primary N) is 1. The minimum Gasteiger partial charge on any atom is -0.475 e. The molecule has 2 fully saturated rings. The molecule has 1 unspecified atom stereocenters. The van der Waals surface area contributed by atoms with Crippen LogP contribution in [-0.4, -0.2) is 45.3 Å². The summed E-state index contributed by atoms with van der Waals surface area (Å²) < 4.78 is 12.2. The number of aromatic nitrogens is 1. The summed E-state index contributed by atoms with van der Waals surface area (Å²) in [5.74, 6) is 0. The van der Waals surface area contributed by atoms with Gasteiger partial charge in [0.05, 0.1) is 11.5 Å². The first-order chi connectivity index (χ1) is 14.8. The highest BCUT2D eigenvalue weighted by Gasteiger charge is 2.72. The zero-order valence-electron chi connectivity index (χ0n) is 18.6. The molecule has 1 aromatic heterocycles. The Hall–Kier alpha value is -2.27. The fourth-order valence-corrected chi connectivity index (χ4v) is 7.43. The molecular weight excluding hydrogens is 384 g/mol. The first-order valence-electron chi connectivity index (χ1n) is 11.5. The number of aliphatic imine (C=N–C) groups is 1. The number of hydrogen-bond donors (Lipinski definition) is 1. The molecule has 3 spiro atoms. The number of amidine groups is 1. The van der Waals surface area contributed by atoms with Gasteiger partial charge >= 0.3 is 0 Å². The second-order valence-electron chi connectivity index (χ2n) is 10.6. The highest BCUT2D eigenvalue weighted by atomic mass is 16.5. The number of fused-ring (bicyclic) bond motifs is 3. The predicted octanol–water partition coefficient (Wildman–Crippen LogP) is 1.73. The van der Waals surface area contributed by atoms with Gasteiger partial charge in [-0.05, 0) is 78.3 Å². The molecule has 7 heteroatoms. The zero-order chi connectivity index (χ0) is 21.5. The van der Waals surface area contributed by atoms with Crippen LogP contribution in [0.3, 0.4) is 0 Å². The molecule has 2 saturated carbocycles. The average Bonchev–Trinajstić information content (AvgIpc) is 3.38. The first kappa shape index (κ1) is 19.4. The van der Waals surface area contributed by atoms with Crippen LogP contribution in [0.5, 0.6) is 0 Å². The van der Waals surface area contributed by atoms with E-state index in [0.717, 1.165) is 31.2 Å². The van der Waals surface area contributed by atoms with Crippen molar-refractivity contribution in [3.63, 3.8) is 0 Å². The van der Waals surface area contributed by atoms with Gasteiger partial charge in [-0.25, -0.2) is 4.99 Å². The smallest absolute Gasteiger partial charge is 0.282 e. The van der Waals surface area contributed by atoms with Gasteiger partial charge in [0.15, 0.2) is 15.7 Å². The van der Waals surface area contributed by atoms with Gasteiger partial charge in [-0.15, -0.1) is 0 Å². The number of hydrogen-bond acceptors (Lipinski definition) is 5. The Labute approximate surface area is 185 Å². The number of rotatable bonds is 2. The maximum Gasteiger partial charge on any atom is 0.282 e. The SMILES string of the molecule is BC1(B)OC(N)=NC12c1cc(-c3cccnc3)ccc1C[C@@]21CC[C@H](OC)C2(CC2)C1. The van der Waals surface area contributed by atoms with E-state index in [1.807, 2.05) is 25.6 Å². The van der Waals surface area contributed by atoms with Gasteiger partial charge in [0.25, 0.3) is 6.02 Å². The van der Waals surface area contributed by atoms with Crippen LogP contribution in [0.2, 0.25) is 0 Å². The van der Waals surface area contributed by atoms with Gasteiger partial charge in [-0.2, -0.15) is 0 Å². The number of methoxy groups -OCH3 is 1. The van der Waals surface area contributed by atoms with Crippen LogP contribution in [0.4, 0.5) is 0 Å². The Morgan fingerprint density at radius 2 is 2.00 bits per heavy atom. The molecule has 2 heterocycles. The van der Waals surface area contributed by atoms with E-state index in [0.29, 0.717) is 12.1 Å². The van der Waals surface area contributed by atoms with Crippen molar-refractivity contribution in [1.82, 2.24) is 4.98 Å². The van der Waals surface area contributed by atoms with Gasteiger partial charge < -0.3 is 15.2 Å². The van der Waals surface area contributed by atoms with Crippen LogP contribution in [0, 0.1) is 10.8 Å². The zero-order valence-corrected chi connectivity index (χ0v) is 18.6. The lowest BCUT2D eigenvalue weighted by Gasteiger charge is -2.54. The van der Waals surface area contributed by atoms with E-state index < -0.39 is 10.9 Å². The van der Waals surface area contributed by atoms with Gasteiger partial charge in [0.1, 0.15) is 5.54 Å². The molecule has 2 N–H and O–H groups in total. The summed E-state index contributed by atoms with van der Waals surface area (Å²) in [6, 6.07) is 11.3. The second-order valence-corrected chi connectivity index (χ2v) is 10.6. The van der Waals surface area contributed by atoms with E-state index in [4.69, 9.17) is 20.2 Å². The monoisotopic (exact) mass is 413 g/mol.